The van der Waals surface area contributed by atoms with Crippen LogP contribution in [0.3, 0.4) is 0 Å². The number of Topliss-reactive ketones (excluding diaryl/α,β-unsaturated/α-hetero) is 1. The number of fused-ring (bicyclic) bond motifs is 2. The zero-order valence-corrected chi connectivity index (χ0v) is 21.0. The van der Waals surface area contributed by atoms with Gasteiger partial charge in [0.25, 0.3) is 30.4 Å². The van der Waals surface area contributed by atoms with Crippen LogP contribution in [-0.4, -0.2) is 57.5 Å². The number of benzene rings is 3. The quantitative estimate of drug-likeness (QED) is 0.214. The molecule has 0 aliphatic heterocycles. The molecule has 0 unspecified atom stereocenters. The van der Waals surface area contributed by atoms with E-state index in [2.05, 4.69) is 15.8 Å². The molecule has 1 aliphatic carbocycles. The largest absolute Gasteiger partial charge is 0.388 e. The predicted molar refractivity (Wildman–Crippen MR) is 134 cm³/mol. The Morgan fingerprint density at radius 3 is 2.11 bits per heavy atom. The van der Waals surface area contributed by atoms with Crippen LogP contribution in [0.1, 0.15) is 15.9 Å². The van der Waals surface area contributed by atoms with Crippen molar-refractivity contribution < 1.29 is 43.7 Å². The van der Waals surface area contributed by atoms with Crippen molar-refractivity contribution in [2.75, 3.05) is 17.8 Å². The minimum Gasteiger partial charge on any atom is -0.388 e. The Bertz CT molecular complexity index is 1880. The van der Waals surface area contributed by atoms with E-state index >= 15 is 0 Å². The number of ketones is 1. The molecule has 0 atom stereocenters. The zero-order chi connectivity index (χ0) is 27.3. The summed E-state index contributed by atoms with van der Waals surface area (Å²) in [4.78, 5) is 10.7. The van der Waals surface area contributed by atoms with Crippen LogP contribution in [0.25, 0.3) is 16.8 Å². The molecule has 1 aliphatic rings. The van der Waals surface area contributed by atoms with E-state index in [4.69, 9.17) is 0 Å². The maximum atomic E-state index is 13.1. The Hall–Kier alpha value is -3.67. The van der Waals surface area contributed by atoms with Crippen molar-refractivity contribution >= 4 is 70.1 Å². The fourth-order valence-electron chi connectivity index (χ4n) is 3.80. The lowest BCUT2D eigenvalue weighted by atomic mass is 9.94. The van der Waals surface area contributed by atoms with Gasteiger partial charge in [-0.25, -0.2) is 0 Å². The number of carbonyl (C=O) groups is 1. The van der Waals surface area contributed by atoms with Crippen LogP contribution >= 0.6 is 0 Å². The van der Waals surface area contributed by atoms with E-state index < -0.39 is 62.2 Å². The smallest absolute Gasteiger partial charge is 0.297 e. The molecule has 0 aromatic heterocycles. The normalized spacial score (nSPS) is 15.4. The molecule has 3 aromatic carbocycles. The number of nitrogens with zero attached hydrogens (tertiary/aromatic N) is 1. The van der Waals surface area contributed by atoms with Crippen molar-refractivity contribution in [2.45, 2.75) is 9.79 Å². The lowest BCUT2D eigenvalue weighted by Crippen LogP contribution is -2.27. The van der Waals surface area contributed by atoms with Crippen LogP contribution in [0, 0.1) is 0 Å². The van der Waals surface area contributed by atoms with Crippen molar-refractivity contribution in [1.82, 2.24) is 0 Å². The van der Waals surface area contributed by atoms with E-state index in [-0.39, 0.29) is 21.9 Å². The highest BCUT2D eigenvalue weighted by Gasteiger charge is 2.33. The van der Waals surface area contributed by atoms with E-state index in [0.29, 0.717) is 5.69 Å². The molecule has 0 amide bonds. The molecule has 0 fully saturated rings. The van der Waals surface area contributed by atoms with E-state index in [9.17, 15) is 43.7 Å². The number of hydrogen-bond acceptors (Lipinski definition) is 10. The van der Waals surface area contributed by atoms with Crippen LogP contribution in [0.5, 0.6) is 0 Å². The van der Waals surface area contributed by atoms with Gasteiger partial charge in [-0.05, 0) is 42.0 Å². The summed E-state index contributed by atoms with van der Waals surface area (Å²) in [5.74, 6) is -0.914. The third-order valence-corrected chi connectivity index (χ3v) is 8.13. The molecule has 4 rings (SSSR count). The summed E-state index contributed by atoms with van der Waals surface area (Å²) in [6.45, 7) is 0. The number of nitrogens with one attached hydrogen (secondary N) is 2. The molecule has 13 nitrogen and oxygen atoms in total. The van der Waals surface area contributed by atoms with Gasteiger partial charge in [0.15, 0.2) is 5.71 Å². The minimum absolute atomic E-state index is 0.0401. The monoisotopic (exact) mass is 567 g/mol. The fraction of sp³-hybridized carbons (Fsp3) is 0.0476. The Kier molecular flexibility index (Phi) is 6.43. The van der Waals surface area contributed by atoms with Gasteiger partial charge in [-0.1, -0.05) is 18.2 Å². The minimum atomic E-state index is -5.07. The topological polar surface area (TPSA) is 217 Å². The molecule has 0 bridgehead atoms. The molecular weight excluding hydrogens is 550 g/mol. The summed E-state index contributed by atoms with van der Waals surface area (Å²) in [5, 5.41) is 5.97. The van der Waals surface area contributed by atoms with Gasteiger partial charge in [-0.2, -0.15) is 30.4 Å². The number of allylic oxidation sites excluding steroid dienone is 1. The van der Waals surface area contributed by atoms with E-state index in [0.717, 1.165) is 36.4 Å². The molecule has 194 valence electrons. The number of hydrogen-bond donors (Lipinski definition) is 5. The molecule has 5 N–H and O–H groups in total. The van der Waals surface area contributed by atoms with E-state index in [1.807, 2.05) is 0 Å². The Morgan fingerprint density at radius 2 is 1.51 bits per heavy atom. The van der Waals surface area contributed by atoms with Gasteiger partial charge in [0.05, 0.1) is 5.69 Å². The van der Waals surface area contributed by atoms with Crippen LogP contribution in [-0.2, 0) is 30.4 Å². The van der Waals surface area contributed by atoms with Gasteiger partial charge in [-0.15, -0.1) is 0 Å². The molecule has 37 heavy (non-hydrogen) atoms. The second-order valence-corrected chi connectivity index (χ2v) is 11.8. The van der Waals surface area contributed by atoms with Crippen LogP contribution < -0.4 is 10.7 Å². The highest BCUT2D eigenvalue weighted by atomic mass is 32.2. The number of hydrazone groups is 1. The third kappa shape index (κ3) is 4.97. The van der Waals surface area contributed by atoms with E-state index in [1.165, 1.54) is 12.1 Å². The predicted octanol–water partition coefficient (Wildman–Crippen LogP) is 2.27. The molecule has 0 spiro atoms. The highest BCUT2D eigenvalue weighted by Crippen LogP contribution is 2.34. The number of anilines is 2. The van der Waals surface area contributed by atoms with Crippen LogP contribution in [0.2, 0.25) is 0 Å². The van der Waals surface area contributed by atoms with Crippen molar-refractivity contribution in [3.05, 3.63) is 64.6 Å². The first-order chi connectivity index (χ1) is 17.1. The summed E-state index contributed by atoms with van der Waals surface area (Å²) in [7, 11) is -13.2. The lowest BCUT2D eigenvalue weighted by Gasteiger charge is -2.17. The average Bonchev–Trinajstić information content (AvgIpc) is 2.80. The van der Waals surface area contributed by atoms with Gasteiger partial charge in [-0.3, -0.25) is 23.9 Å². The van der Waals surface area contributed by atoms with Gasteiger partial charge >= 0.3 is 0 Å². The molecule has 0 radical (unpaired) electrons. The molecule has 0 saturated carbocycles. The van der Waals surface area contributed by atoms with Gasteiger partial charge in [0.2, 0.25) is 5.78 Å². The Balaban J connectivity index is 1.92. The molecule has 16 heteroatoms. The Labute approximate surface area is 210 Å². The summed E-state index contributed by atoms with van der Waals surface area (Å²) < 4.78 is 101. The van der Waals surface area contributed by atoms with Gasteiger partial charge < -0.3 is 5.32 Å². The van der Waals surface area contributed by atoms with Crippen LogP contribution in [0.15, 0.2) is 68.3 Å². The maximum Gasteiger partial charge on any atom is 0.297 e. The second kappa shape index (κ2) is 9.02. The summed E-state index contributed by atoms with van der Waals surface area (Å²) in [6, 6.07) is 9.78. The highest BCUT2D eigenvalue weighted by molar-refractivity contribution is 7.91. The maximum absolute atomic E-state index is 13.1. The first-order valence-corrected chi connectivity index (χ1v) is 14.4. The number of rotatable bonds is 6. The molecule has 0 saturated heterocycles. The summed E-state index contributed by atoms with van der Waals surface area (Å²) in [6.07, 6.45) is 1.01. The summed E-state index contributed by atoms with van der Waals surface area (Å²) in [5.41, 5.74) is 1.73. The third-order valence-electron chi connectivity index (χ3n) is 5.39. The first kappa shape index (κ1) is 26.4. The lowest BCUT2D eigenvalue weighted by molar-refractivity contribution is 0.106. The van der Waals surface area contributed by atoms with Crippen molar-refractivity contribution in [1.29, 1.82) is 0 Å². The van der Waals surface area contributed by atoms with Crippen molar-refractivity contribution in [2.24, 2.45) is 5.10 Å². The average molecular weight is 568 g/mol. The molecule has 3 aromatic rings. The molecule has 0 heterocycles. The van der Waals surface area contributed by atoms with Gasteiger partial charge in [0, 0.05) is 29.1 Å². The van der Waals surface area contributed by atoms with E-state index in [1.54, 1.807) is 13.1 Å². The molecular formula is C21H17N3O10S3. The van der Waals surface area contributed by atoms with Gasteiger partial charge in [0.1, 0.15) is 14.7 Å². The first-order valence-electron chi connectivity index (χ1n) is 10.0. The SMILES string of the molecule is CNc1ccc2c(c1)C=C(S(=O)(=O)O)/C(=N\Nc1ccc3c(S(=O)(=O)O)cccc3c1S(=O)(=O)O)C2=O. The van der Waals surface area contributed by atoms with Crippen LogP contribution in [0.4, 0.5) is 11.4 Å². The summed E-state index contributed by atoms with van der Waals surface area (Å²) >= 11 is 0. The van der Waals surface area contributed by atoms with Crippen molar-refractivity contribution in [3.63, 3.8) is 0 Å². The fourth-order valence-corrected chi connectivity index (χ4v) is 6.02. The Morgan fingerprint density at radius 1 is 0.811 bits per heavy atom. The zero-order valence-electron chi connectivity index (χ0n) is 18.6. The second-order valence-electron chi connectivity index (χ2n) is 7.68. The van der Waals surface area contributed by atoms with Crippen molar-refractivity contribution in [3.8, 4) is 0 Å². The standard InChI is InChI=1S/C21H17N3O10S3/c1-22-12-5-6-13-11(9-12)10-18(36(29,30)31)19(20(13)25)24-23-16-8-7-14-15(21(16)37(32,33)34)3-2-4-17(14)35(26,27)28/h2-10,22-23H,1H3,(H,26,27,28)(H,29,30,31)(H,32,33,34)/b24-19+. The number of carbonyl (C=O) groups excluding carboxylic acids is 1.